The van der Waals surface area contributed by atoms with Crippen LogP contribution in [0.2, 0.25) is 0 Å². The van der Waals surface area contributed by atoms with Crippen LogP contribution in [0.15, 0.2) is 76.8 Å². The van der Waals surface area contributed by atoms with Crippen molar-refractivity contribution in [3.8, 4) is 0 Å². The van der Waals surface area contributed by atoms with Crippen LogP contribution in [0.5, 0.6) is 0 Å². The maximum Gasteiger partial charge on any atom is 0.289 e. The average Bonchev–Trinajstić information content (AvgIpc) is 3.01. The van der Waals surface area contributed by atoms with Crippen molar-refractivity contribution in [2.24, 2.45) is 5.10 Å². The maximum atomic E-state index is 12.1. The van der Waals surface area contributed by atoms with E-state index in [-0.39, 0.29) is 12.3 Å². The zero-order valence-corrected chi connectivity index (χ0v) is 13.8. The fraction of sp³-hybridized carbons (Fsp3) is 0.0588. The highest BCUT2D eigenvalue weighted by Gasteiger charge is 2.12. The maximum absolute atomic E-state index is 12.1. The van der Waals surface area contributed by atoms with Crippen molar-refractivity contribution in [2.75, 3.05) is 0 Å². The Hall–Kier alpha value is -2.60. The molecule has 1 heterocycles. The van der Waals surface area contributed by atoms with Crippen LogP contribution in [0.3, 0.4) is 0 Å². The van der Waals surface area contributed by atoms with Gasteiger partial charge in [-0.2, -0.15) is 0 Å². The van der Waals surface area contributed by atoms with E-state index >= 15 is 0 Å². The minimum Gasteiger partial charge on any atom is -0.290 e. The van der Waals surface area contributed by atoms with Gasteiger partial charge in [0, 0.05) is 15.1 Å². The van der Waals surface area contributed by atoms with E-state index in [1.807, 2.05) is 42.5 Å². The molecular formula is C17H14BrN4O+. The van der Waals surface area contributed by atoms with E-state index in [2.05, 4.69) is 26.1 Å². The summed E-state index contributed by atoms with van der Waals surface area (Å²) in [4.78, 5) is 12.1. The number of nitrogens with zero attached hydrogens (tertiary/aromatic N) is 4. The number of Topliss-reactive ketones (excluding diaryl/α,β-unsaturated/α-hetero) is 1. The highest BCUT2D eigenvalue weighted by atomic mass is 79.9. The van der Waals surface area contributed by atoms with Gasteiger partial charge in [-0.25, -0.2) is 0 Å². The lowest BCUT2D eigenvalue weighted by Crippen LogP contribution is -2.24. The van der Waals surface area contributed by atoms with E-state index in [9.17, 15) is 4.79 Å². The molecule has 0 saturated carbocycles. The molecule has 0 spiro atoms. The zero-order valence-electron chi connectivity index (χ0n) is 12.2. The quantitative estimate of drug-likeness (QED) is 0.394. The molecule has 3 aromatic rings. The van der Waals surface area contributed by atoms with Crippen molar-refractivity contribution in [1.82, 2.24) is 9.78 Å². The van der Waals surface area contributed by atoms with Crippen LogP contribution in [-0.2, 0) is 6.54 Å². The molecule has 0 fully saturated rings. The highest BCUT2D eigenvalue weighted by molar-refractivity contribution is 9.10. The molecule has 6 heteroatoms. The third kappa shape index (κ3) is 4.20. The Morgan fingerprint density at radius 3 is 2.83 bits per heavy atom. The van der Waals surface area contributed by atoms with Crippen molar-refractivity contribution in [2.45, 2.75) is 6.54 Å². The molecule has 0 amide bonds. The molecule has 0 atom stereocenters. The first kappa shape index (κ1) is 15.3. The van der Waals surface area contributed by atoms with E-state index < -0.39 is 0 Å². The van der Waals surface area contributed by atoms with Gasteiger partial charge >= 0.3 is 0 Å². The van der Waals surface area contributed by atoms with E-state index in [1.165, 1.54) is 0 Å². The zero-order chi connectivity index (χ0) is 16.1. The molecule has 0 aliphatic carbocycles. The lowest BCUT2D eigenvalue weighted by molar-refractivity contribution is -0.679. The van der Waals surface area contributed by atoms with Crippen LogP contribution < -0.4 is 4.68 Å². The van der Waals surface area contributed by atoms with Gasteiger partial charge in [-0.05, 0) is 17.7 Å². The second-order valence-electron chi connectivity index (χ2n) is 4.91. The summed E-state index contributed by atoms with van der Waals surface area (Å²) in [6, 6.07) is 17.0. The van der Waals surface area contributed by atoms with Crippen molar-refractivity contribution in [1.29, 1.82) is 0 Å². The van der Waals surface area contributed by atoms with E-state index in [1.54, 1.807) is 40.4 Å². The van der Waals surface area contributed by atoms with Crippen LogP contribution in [0, 0.1) is 0 Å². The summed E-state index contributed by atoms with van der Waals surface area (Å²) < 4.78 is 4.13. The predicted octanol–water partition coefficient (Wildman–Crippen LogP) is 2.70. The van der Waals surface area contributed by atoms with Crippen LogP contribution in [0.25, 0.3) is 0 Å². The topological polar surface area (TPSA) is 51.1 Å². The first-order valence-corrected chi connectivity index (χ1v) is 7.82. The molecule has 114 valence electrons. The van der Waals surface area contributed by atoms with Gasteiger partial charge in [0.25, 0.3) is 6.33 Å². The van der Waals surface area contributed by atoms with Crippen LogP contribution >= 0.6 is 15.9 Å². The summed E-state index contributed by atoms with van der Waals surface area (Å²) in [5, 5.41) is 8.44. The summed E-state index contributed by atoms with van der Waals surface area (Å²) in [5.74, 6) is 0.0109. The van der Waals surface area contributed by atoms with Gasteiger partial charge in [-0.3, -0.25) is 4.79 Å². The monoisotopic (exact) mass is 369 g/mol. The number of hydrogen-bond donors (Lipinski definition) is 0. The molecule has 0 bridgehead atoms. The van der Waals surface area contributed by atoms with Gasteiger partial charge in [0.05, 0.1) is 6.21 Å². The van der Waals surface area contributed by atoms with Crippen LogP contribution in [-0.4, -0.2) is 21.8 Å². The molecular weight excluding hydrogens is 356 g/mol. The van der Waals surface area contributed by atoms with Crippen LogP contribution in [0.1, 0.15) is 15.9 Å². The van der Waals surface area contributed by atoms with Gasteiger partial charge in [0.15, 0.2) is 12.3 Å². The molecule has 1 aromatic heterocycles. The Bertz CT molecular complexity index is 843. The second kappa shape index (κ2) is 7.11. The smallest absolute Gasteiger partial charge is 0.289 e. The summed E-state index contributed by atoms with van der Waals surface area (Å²) >= 11 is 3.42. The SMILES string of the molecule is O=C(Cn1c[n+](N=Cc2cccc(Br)c2)cn1)c1ccccc1. The van der Waals surface area contributed by atoms with Gasteiger partial charge in [0.2, 0.25) is 6.33 Å². The van der Waals surface area contributed by atoms with E-state index in [4.69, 9.17) is 0 Å². The Balaban J connectivity index is 1.67. The predicted molar refractivity (Wildman–Crippen MR) is 90.3 cm³/mol. The number of hydrogen-bond acceptors (Lipinski definition) is 3. The summed E-state index contributed by atoms with van der Waals surface area (Å²) in [6.07, 6.45) is 4.97. The van der Waals surface area contributed by atoms with Gasteiger partial charge in [0.1, 0.15) is 0 Å². The Morgan fingerprint density at radius 1 is 1.22 bits per heavy atom. The van der Waals surface area contributed by atoms with Crippen molar-refractivity contribution in [3.63, 3.8) is 0 Å². The molecule has 5 nitrogen and oxygen atoms in total. The number of halogens is 1. The molecule has 0 unspecified atom stereocenters. The van der Waals surface area contributed by atoms with Crippen LogP contribution in [0.4, 0.5) is 0 Å². The number of carbonyl (C=O) groups is 1. The largest absolute Gasteiger partial charge is 0.290 e. The third-order valence-corrected chi connectivity index (χ3v) is 3.65. The van der Waals surface area contributed by atoms with Gasteiger partial charge < -0.3 is 0 Å². The van der Waals surface area contributed by atoms with Crippen molar-refractivity contribution < 1.29 is 9.47 Å². The lowest BCUT2D eigenvalue weighted by Gasteiger charge is -1.95. The number of benzene rings is 2. The molecule has 23 heavy (non-hydrogen) atoms. The van der Waals surface area contributed by atoms with E-state index in [0.717, 1.165) is 10.0 Å². The number of rotatable bonds is 5. The molecule has 2 aromatic carbocycles. The average molecular weight is 370 g/mol. The third-order valence-electron chi connectivity index (χ3n) is 3.16. The van der Waals surface area contributed by atoms with Crippen molar-refractivity contribution >= 4 is 27.9 Å². The molecule has 0 N–H and O–H groups in total. The first-order valence-electron chi connectivity index (χ1n) is 7.02. The Labute approximate surface area is 142 Å². The first-order chi connectivity index (χ1) is 11.2. The minimum absolute atomic E-state index is 0.0109. The lowest BCUT2D eigenvalue weighted by atomic mass is 10.1. The van der Waals surface area contributed by atoms with Gasteiger partial charge in [-0.1, -0.05) is 58.4 Å². The number of ketones is 1. The molecule has 0 radical (unpaired) electrons. The number of aromatic nitrogens is 3. The number of carbonyl (C=O) groups excluding carboxylic acids is 1. The Kier molecular flexibility index (Phi) is 4.73. The van der Waals surface area contributed by atoms with E-state index in [0.29, 0.717) is 5.56 Å². The molecule has 0 aliphatic rings. The summed E-state index contributed by atoms with van der Waals surface area (Å²) in [7, 11) is 0. The van der Waals surface area contributed by atoms with Crippen molar-refractivity contribution in [3.05, 3.63) is 82.9 Å². The normalized spacial score (nSPS) is 11.0. The molecule has 3 rings (SSSR count). The summed E-state index contributed by atoms with van der Waals surface area (Å²) in [5.41, 5.74) is 1.65. The fourth-order valence-electron chi connectivity index (χ4n) is 2.04. The minimum atomic E-state index is 0.0109. The summed E-state index contributed by atoms with van der Waals surface area (Å²) in [6.45, 7) is 0.184. The molecule has 0 aliphatic heterocycles. The highest BCUT2D eigenvalue weighted by Crippen LogP contribution is 2.09. The molecule has 0 saturated heterocycles. The second-order valence-corrected chi connectivity index (χ2v) is 5.83. The standard InChI is InChI=1S/C17H14BrN4O/c18-16-8-4-5-14(9-16)10-19-22-12-20-21(13-22)11-17(23)15-6-2-1-3-7-15/h1-10,12-13H,11H2/q+1. The Morgan fingerprint density at radius 2 is 2.04 bits per heavy atom. The fourth-order valence-corrected chi connectivity index (χ4v) is 2.46. The van der Waals surface area contributed by atoms with Gasteiger partial charge in [-0.15, -0.1) is 14.5 Å².